The predicted octanol–water partition coefficient (Wildman–Crippen LogP) is 7.46. The van der Waals surface area contributed by atoms with E-state index in [4.69, 9.17) is 9.15 Å². The van der Waals surface area contributed by atoms with Gasteiger partial charge in [0.05, 0.1) is 18.6 Å². The van der Waals surface area contributed by atoms with E-state index in [2.05, 4.69) is 4.98 Å². The van der Waals surface area contributed by atoms with Crippen LogP contribution < -0.4 is 0 Å². The molecule has 0 unspecified atom stereocenters. The molecule has 0 spiro atoms. The predicted molar refractivity (Wildman–Crippen MR) is 126 cm³/mol. The largest absolute Gasteiger partial charge is 0.465 e. The molecule has 3 aromatic carbocycles. The van der Waals surface area contributed by atoms with Gasteiger partial charge in [0.15, 0.2) is 5.58 Å². The highest BCUT2D eigenvalue weighted by Crippen LogP contribution is 2.50. The minimum atomic E-state index is -4.24. The first-order chi connectivity index (χ1) is 17.2. The van der Waals surface area contributed by atoms with Gasteiger partial charge in [0.25, 0.3) is 0 Å². The Hall–Kier alpha value is -3.68. The van der Waals surface area contributed by atoms with Crippen LogP contribution in [-0.2, 0) is 10.2 Å². The van der Waals surface area contributed by atoms with E-state index in [9.17, 15) is 22.4 Å². The first-order valence-corrected chi connectivity index (χ1v) is 11.6. The number of rotatable bonds is 4. The van der Waals surface area contributed by atoms with Crippen molar-refractivity contribution in [1.82, 2.24) is 4.98 Å². The van der Waals surface area contributed by atoms with Gasteiger partial charge in [0.1, 0.15) is 11.3 Å². The molecule has 0 radical (unpaired) electrons. The molecule has 186 valence electrons. The zero-order chi connectivity index (χ0) is 25.5. The fourth-order valence-corrected chi connectivity index (χ4v) is 5.17. The molecule has 8 heteroatoms. The number of esters is 1. The van der Waals surface area contributed by atoms with E-state index in [1.165, 1.54) is 19.2 Å². The van der Waals surface area contributed by atoms with Crippen molar-refractivity contribution in [3.63, 3.8) is 0 Å². The molecule has 0 atom stereocenters. The molecule has 1 aliphatic carbocycles. The highest BCUT2D eigenvalue weighted by Gasteiger charge is 2.47. The van der Waals surface area contributed by atoms with Crippen LogP contribution in [0.1, 0.15) is 47.2 Å². The summed E-state index contributed by atoms with van der Waals surface area (Å²) in [5.41, 5.74) is 3.06. The molecule has 0 saturated heterocycles. The quantitative estimate of drug-likeness (QED) is 0.217. The maximum Gasteiger partial charge on any atom is 0.391 e. The van der Waals surface area contributed by atoms with Crippen molar-refractivity contribution in [2.24, 2.45) is 5.92 Å². The molecule has 1 saturated carbocycles. The Balaban J connectivity index is 1.56. The molecule has 0 aliphatic heterocycles. The monoisotopic (exact) mass is 497 g/mol. The zero-order valence-electron chi connectivity index (χ0n) is 19.4. The number of alkyl halides is 3. The van der Waals surface area contributed by atoms with Gasteiger partial charge in [-0.1, -0.05) is 18.2 Å². The molecule has 0 amide bonds. The first-order valence-electron chi connectivity index (χ1n) is 11.6. The van der Waals surface area contributed by atoms with Gasteiger partial charge in [-0.25, -0.2) is 14.2 Å². The summed E-state index contributed by atoms with van der Waals surface area (Å²) in [5, 5.41) is 0. The van der Waals surface area contributed by atoms with Crippen molar-refractivity contribution in [3.05, 3.63) is 89.2 Å². The number of ether oxygens (including phenoxy) is 1. The van der Waals surface area contributed by atoms with Gasteiger partial charge in [0, 0.05) is 11.0 Å². The highest BCUT2D eigenvalue weighted by atomic mass is 19.4. The Morgan fingerprint density at radius 2 is 1.61 bits per heavy atom. The lowest BCUT2D eigenvalue weighted by atomic mass is 9.63. The Kier molecular flexibility index (Phi) is 6.06. The van der Waals surface area contributed by atoms with E-state index < -0.39 is 23.5 Å². The van der Waals surface area contributed by atoms with Crippen LogP contribution in [0.15, 0.2) is 71.1 Å². The van der Waals surface area contributed by atoms with Gasteiger partial charge in [0.2, 0.25) is 5.89 Å². The van der Waals surface area contributed by atoms with Crippen LogP contribution in [0.4, 0.5) is 17.6 Å². The molecule has 1 aliphatic rings. The zero-order valence-corrected chi connectivity index (χ0v) is 19.4. The van der Waals surface area contributed by atoms with Gasteiger partial charge in [-0.3, -0.25) is 0 Å². The number of halogens is 4. The maximum atomic E-state index is 13.5. The van der Waals surface area contributed by atoms with Crippen LogP contribution in [-0.4, -0.2) is 24.2 Å². The number of oxazole rings is 1. The van der Waals surface area contributed by atoms with Crippen LogP contribution in [0.25, 0.3) is 22.6 Å². The van der Waals surface area contributed by atoms with E-state index in [1.807, 2.05) is 12.1 Å². The fourth-order valence-electron chi connectivity index (χ4n) is 5.17. The van der Waals surface area contributed by atoms with Gasteiger partial charge < -0.3 is 9.15 Å². The molecule has 5 rings (SSSR count). The summed E-state index contributed by atoms with van der Waals surface area (Å²) in [6, 6.07) is 18.1. The minimum absolute atomic E-state index is 0.0000643. The lowest BCUT2D eigenvalue weighted by Crippen LogP contribution is -2.37. The van der Waals surface area contributed by atoms with Crippen LogP contribution in [0.5, 0.6) is 0 Å². The molecule has 4 nitrogen and oxygen atoms in total. The average molecular weight is 497 g/mol. The van der Waals surface area contributed by atoms with Gasteiger partial charge in [-0.2, -0.15) is 13.2 Å². The van der Waals surface area contributed by atoms with Crippen molar-refractivity contribution >= 4 is 17.1 Å². The molecular formula is C28H23F4NO3. The Labute approximate surface area is 204 Å². The van der Waals surface area contributed by atoms with Crippen LogP contribution in [0.3, 0.4) is 0 Å². The summed E-state index contributed by atoms with van der Waals surface area (Å²) in [7, 11) is 1.30. The number of fused-ring (bicyclic) bond motifs is 1. The Morgan fingerprint density at radius 1 is 0.972 bits per heavy atom. The van der Waals surface area contributed by atoms with Crippen LogP contribution in [0, 0.1) is 11.7 Å². The van der Waals surface area contributed by atoms with Gasteiger partial charge in [-0.15, -0.1) is 0 Å². The van der Waals surface area contributed by atoms with Crippen molar-refractivity contribution in [2.45, 2.75) is 37.3 Å². The van der Waals surface area contributed by atoms with E-state index >= 15 is 0 Å². The molecular weight excluding hydrogens is 474 g/mol. The fraction of sp³-hybridized carbons (Fsp3) is 0.286. The number of hydrogen-bond acceptors (Lipinski definition) is 4. The summed E-state index contributed by atoms with van der Waals surface area (Å²) < 4.78 is 64.4. The Bertz CT molecular complexity index is 1380. The molecule has 0 N–H and O–H groups in total. The van der Waals surface area contributed by atoms with Crippen LogP contribution in [0.2, 0.25) is 0 Å². The molecule has 0 bridgehead atoms. The number of benzene rings is 3. The van der Waals surface area contributed by atoms with E-state index in [0.717, 1.165) is 11.1 Å². The number of aromatic nitrogens is 1. The number of methoxy groups -OCH3 is 1. The third-order valence-corrected chi connectivity index (χ3v) is 7.19. The highest BCUT2D eigenvalue weighted by molar-refractivity contribution is 5.89. The molecule has 36 heavy (non-hydrogen) atoms. The average Bonchev–Trinajstić information content (AvgIpc) is 3.32. The molecule has 1 aromatic heterocycles. The second-order valence-corrected chi connectivity index (χ2v) is 9.18. The van der Waals surface area contributed by atoms with Crippen molar-refractivity contribution in [3.8, 4) is 11.5 Å². The lowest BCUT2D eigenvalue weighted by Gasteiger charge is -2.41. The summed E-state index contributed by atoms with van der Waals surface area (Å²) in [4.78, 5) is 16.5. The van der Waals surface area contributed by atoms with Gasteiger partial charge >= 0.3 is 12.1 Å². The summed E-state index contributed by atoms with van der Waals surface area (Å²) >= 11 is 0. The normalized spacial score (nSPS) is 20.4. The minimum Gasteiger partial charge on any atom is -0.465 e. The SMILES string of the molecule is COC(=O)c1ccc(C2(c3ccc4oc(-c5ccc(F)cc5)nc4c3)CCC(C(F)(F)F)CC2)cc1. The topological polar surface area (TPSA) is 52.3 Å². The molecule has 1 fully saturated rings. The third kappa shape index (κ3) is 4.36. The summed E-state index contributed by atoms with van der Waals surface area (Å²) in [6.07, 6.45) is -3.65. The summed E-state index contributed by atoms with van der Waals surface area (Å²) in [6.45, 7) is 0. The number of hydrogen-bond donors (Lipinski definition) is 0. The first kappa shape index (κ1) is 24.0. The van der Waals surface area contributed by atoms with Crippen molar-refractivity contribution in [2.75, 3.05) is 7.11 Å². The van der Waals surface area contributed by atoms with E-state index in [1.54, 1.807) is 42.5 Å². The number of carbonyl (C=O) groups excluding carboxylic acids is 1. The third-order valence-electron chi connectivity index (χ3n) is 7.19. The van der Waals surface area contributed by atoms with E-state index in [0.29, 0.717) is 41.0 Å². The van der Waals surface area contributed by atoms with Crippen molar-refractivity contribution in [1.29, 1.82) is 0 Å². The van der Waals surface area contributed by atoms with E-state index in [-0.39, 0.29) is 18.7 Å². The second kappa shape index (κ2) is 9.08. The van der Waals surface area contributed by atoms with Crippen molar-refractivity contribution < 1.29 is 31.5 Å². The van der Waals surface area contributed by atoms with Gasteiger partial charge in [-0.05, 0) is 85.3 Å². The maximum absolute atomic E-state index is 13.5. The molecule has 4 aromatic rings. The smallest absolute Gasteiger partial charge is 0.391 e. The summed E-state index contributed by atoms with van der Waals surface area (Å²) in [5.74, 6) is -1.86. The van der Waals surface area contributed by atoms with Crippen LogP contribution >= 0.6 is 0 Å². The molecule has 1 heterocycles. The number of carbonyl (C=O) groups is 1. The lowest BCUT2D eigenvalue weighted by molar-refractivity contribution is -0.184. The standard InChI is InChI=1S/C28H23F4NO3/c1-35-26(34)18-2-6-19(7-3-18)27(14-12-20(13-15-27)28(30,31)32)21-8-11-24-23(16-21)33-25(36-24)17-4-9-22(29)10-5-17/h2-11,16,20H,12-15H2,1H3. The number of nitrogens with zero attached hydrogens (tertiary/aromatic N) is 1. The second-order valence-electron chi connectivity index (χ2n) is 9.18. The Morgan fingerprint density at radius 3 is 2.22 bits per heavy atom.